The number of hydrogen-bond donors (Lipinski definition) is 2. The molecule has 5 nitrogen and oxygen atoms in total. The predicted octanol–water partition coefficient (Wildman–Crippen LogP) is 2.97. The van der Waals surface area contributed by atoms with E-state index in [1.54, 1.807) is 25.5 Å². The average molecular weight is 361 g/mol. The maximum atomic E-state index is 5.43. The molecule has 1 heterocycles. The molecule has 0 fully saturated rings. The molecule has 0 unspecified atom stereocenters. The fourth-order valence-corrected chi connectivity index (χ4v) is 3.42. The van der Waals surface area contributed by atoms with E-state index in [2.05, 4.69) is 46.6 Å². The van der Waals surface area contributed by atoms with Crippen molar-refractivity contribution in [2.45, 2.75) is 33.1 Å². The van der Waals surface area contributed by atoms with Gasteiger partial charge in [-0.15, -0.1) is 11.3 Å². The lowest BCUT2D eigenvalue weighted by Crippen LogP contribution is -2.39. The number of hydrogen-bond acceptors (Lipinski definition) is 4. The summed E-state index contributed by atoms with van der Waals surface area (Å²) in [7, 11) is 3.51. The number of nitrogens with zero attached hydrogens (tertiary/aromatic N) is 2. The van der Waals surface area contributed by atoms with Crippen LogP contribution in [0.2, 0.25) is 0 Å². The normalized spacial score (nSPS) is 11.4. The van der Waals surface area contributed by atoms with Gasteiger partial charge in [-0.25, -0.2) is 4.98 Å². The van der Waals surface area contributed by atoms with Crippen LogP contribution in [0.4, 0.5) is 0 Å². The molecule has 1 aromatic carbocycles. The number of ether oxygens (including phenoxy) is 1. The van der Waals surface area contributed by atoms with Crippen molar-refractivity contribution in [3.05, 3.63) is 45.4 Å². The van der Waals surface area contributed by atoms with Crippen LogP contribution >= 0.6 is 11.3 Å². The second-order valence-corrected chi connectivity index (χ2v) is 7.01. The highest BCUT2D eigenvalue weighted by atomic mass is 32.1. The van der Waals surface area contributed by atoms with Gasteiger partial charge in [0.05, 0.1) is 12.1 Å². The summed E-state index contributed by atoms with van der Waals surface area (Å²) < 4.78 is 5.43. The first-order valence-corrected chi connectivity index (χ1v) is 9.49. The van der Waals surface area contributed by atoms with E-state index < -0.39 is 0 Å². The number of aromatic nitrogens is 1. The first kappa shape index (κ1) is 19.2. The molecule has 1 aromatic heterocycles. The Morgan fingerprint density at radius 1 is 1.24 bits per heavy atom. The van der Waals surface area contributed by atoms with E-state index in [1.165, 1.54) is 21.0 Å². The minimum atomic E-state index is 0.802. The summed E-state index contributed by atoms with van der Waals surface area (Å²) in [4.78, 5) is 10.1. The Labute approximate surface area is 154 Å². The van der Waals surface area contributed by atoms with Crippen molar-refractivity contribution in [1.29, 1.82) is 0 Å². The molecular formula is C19H28N4OS. The van der Waals surface area contributed by atoms with Gasteiger partial charge in [0.15, 0.2) is 5.96 Å². The standard InChI is InChI=1S/C19H28N4OS/c1-5-16-13-23-18(25-16)9-11-22-19(20-3)21-10-8-15-12-14(2)6-7-17(15)24-4/h6-7,12-13H,5,8-11H2,1-4H3,(H2,20,21,22). The van der Waals surface area contributed by atoms with Crippen LogP contribution < -0.4 is 15.4 Å². The summed E-state index contributed by atoms with van der Waals surface area (Å²) >= 11 is 1.79. The Bertz CT molecular complexity index is 696. The van der Waals surface area contributed by atoms with Gasteiger partial charge in [-0.3, -0.25) is 4.99 Å². The predicted molar refractivity (Wildman–Crippen MR) is 106 cm³/mol. The first-order chi connectivity index (χ1) is 12.2. The molecule has 0 saturated carbocycles. The molecule has 6 heteroatoms. The highest BCUT2D eigenvalue weighted by molar-refractivity contribution is 7.11. The van der Waals surface area contributed by atoms with Crippen molar-refractivity contribution in [2.75, 3.05) is 27.2 Å². The van der Waals surface area contributed by atoms with Crippen LogP contribution in [0.3, 0.4) is 0 Å². The van der Waals surface area contributed by atoms with E-state index in [-0.39, 0.29) is 0 Å². The Balaban J connectivity index is 1.76. The van der Waals surface area contributed by atoms with Crippen LogP contribution in [0, 0.1) is 6.92 Å². The molecule has 0 radical (unpaired) electrons. The molecule has 0 aliphatic rings. The number of aliphatic imine (C=N–C) groups is 1. The number of thiazole rings is 1. The number of methoxy groups -OCH3 is 1. The molecule has 0 bridgehead atoms. The van der Waals surface area contributed by atoms with Crippen LogP contribution in [0.1, 0.15) is 27.9 Å². The van der Waals surface area contributed by atoms with Gasteiger partial charge in [0.1, 0.15) is 5.75 Å². The van der Waals surface area contributed by atoms with Crippen LogP contribution in [0.25, 0.3) is 0 Å². The van der Waals surface area contributed by atoms with Gasteiger partial charge in [0, 0.05) is 37.6 Å². The van der Waals surface area contributed by atoms with Crippen molar-refractivity contribution < 1.29 is 4.74 Å². The smallest absolute Gasteiger partial charge is 0.191 e. The van der Waals surface area contributed by atoms with Crippen molar-refractivity contribution in [1.82, 2.24) is 15.6 Å². The summed E-state index contributed by atoms with van der Waals surface area (Å²) in [5, 5.41) is 7.87. The number of guanidine groups is 1. The maximum absolute atomic E-state index is 5.43. The highest BCUT2D eigenvalue weighted by Gasteiger charge is 2.05. The van der Waals surface area contributed by atoms with Crippen molar-refractivity contribution in [3.8, 4) is 5.75 Å². The average Bonchev–Trinajstić information content (AvgIpc) is 3.08. The zero-order valence-corrected chi connectivity index (χ0v) is 16.4. The van der Waals surface area contributed by atoms with Gasteiger partial charge in [-0.1, -0.05) is 24.6 Å². The molecule has 2 aromatic rings. The molecule has 2 rings (SSSR count). The van der Waals surface area contributed by atoms with Crippen LogP contribution in [0.5, 0.6) is 5.75 Å². The summed E-state index contributed by atoms with van der Waals surface area (Å²) in [5.74, 6) is 1.75. The number of nitrogens with one attached hydrogen (secondary N) is 2. The molecular weight excluding hydrogens is 332 g/mol. The Morgan fingerprint density at radius 2 is 2.00 bits per heavy atom. The van der Waals surface area contributed by atoms with E-state index in [4.69, 9.17) is 4.74 Å². The molecule has 0 aliphatic carbocycles. The second kappa shape index (κ2) is 10.0. The molecule has 0 aliphatic heterocycles. The molecule has 0 amide bonds. The van der Waals surface area contributed by atoms with Gasteiger partial charge in [0.2, 0.25) is 0 Å². The number of rotatable bonds is 8. The SMILES string of the molecule is CCc1cnc(CCNC(=NC)NCCc2cc(C)ccc2OC)s1. The van der Waals surface area contributed by atoms with Crippen molar-refractivity contribution >= 4 is 17.3 Å². The lowest BCUT2D eigenvalue weighted by Gasteiger charge is -2.13. The second-order valence-electron chi connectivity index (χ2n) is 5.81. The Kier molecular flexibility index (Phi) is 7.73. The van der Waals surface area contributed by atoms with Gasteiger partial charge in [0.25, 0.3) is 0 Å². The van der Waals surface area contributed by atoms with Gasteiger partial charge in [-0.2, -0.15) is 0 Å². The van der Waals surface area contributed by atoms with Crippen LogP contribution in [0.15, 0.2) is 29.4 Å². The zero-order valence-electron chi connectivity index (χ0n) is 15.6. The molecule has 25 heavy (non-hydrogen) atoms. The first-order valence-electron chi connectivity index (χ1n) is 8.67. The molecule has 0 spiro atoms. The minimum Gasteiger partial charge on any atom is -0.496 e. The maximum Gasteiger partial charge on any atom is 0.191 e. The van der Waals surface area contributed by atoms with E-state index in [1.807, 2.05) is 12.3 Å². The summed E-state index contributed by atoms with van der Waals surface area (Å²) in [6.45, 7) is 5.88. The lowest BCUT2D eigenvalue weighted by atomic mass is 10.1. The third-order valence-corrected chi connectivity index (χ3v) is 5.13. The lowest BCUT2D eigenvalue weighted by molar-refractivity contribution is 0.409. The molecule has 136 valence electrons. The molecule has 0 atom stereocenters. The van der Waals surface area contributed by atoms with Crippen molar-refractivity contribution in [3.63, 3.8) is 0 Å². The Morgan fingerprint density at radius 3 is 2.64 bits per heavy atom. The van der Waals surface area contributed by atoms with Crippen LogP contribution in [-0.2, 0) is 19.3 Å². The minimum absolute atomic E-state index is 0.802. The summed E-state index contributed by atoms with van der Waals surface area (Å²) in [6.07, 6.45) is 4.83. The van der Waals surface area contributed by atoms with E-state index >= 15 is 0 Å². The van der Waals surface area contributed by atoms with E-state index in [0.29, 0.717) is 0 Å². The largest absolute Gasteiger partial charge is 0.496 e. The summed E-state index contributed by atoms with van der Waals surface area (Å²) in [6, 6.07) is 6.26. The fourth-order valence-electron chi connectivity index (χ4n) is 2.55. The van der Waals surface area contributed by atoms with Gasteiger partial charge >= 0.3 is 0 Å². The third kappa shape index (κ3) is 6.05. The molecule has 2 N–H and O–H groups in total. The number of benzene rings is 1. The Hall–Kier alpha value is -2.08. The van der Waals surface area contributed by atoms with Gasteiger partial charge in [-0.05, 0) is 31.4 Å². The highest BCUT2D eigenvalue weighted by Crippen LogP contribution is 2.19. The zero-order chi connectivity index (χ0) is 18.1. The topological polar surface area (TPSA) is 58.5 Å². The third-order valence-electron chi connectivity index (χ3n) is 3.93. The quantitative estimate of drug-likeness (QED) is 0.561. The fraction of sp³-hybridized carbons (Fsp3) is 0.474. The number of aryl methyl sites for hydroxylation is 2. The van der Waals surface area contributed by atoms with E-state index in [0.717, 1.165) is 44.1 Å². The van der Waals surface area contributed by atoms with Crippen LogP contribution in [-0.4, -0.2) is 38.2 Å². The summed E-state index contributed by atoms with van der Waals surface area (Å²) in [5.41, 5.74) is 2.45. The monoisotopic (exact) mass is 360 g/mol. The van der Waals surface area contributed by atoms with E-state index in [9.17, 15) is 0 Å². The van der Waals surface area contributed by atoms with Gasteiger partial charge < -0.3 is 15.4 Å². The van der Waals surface area contributed by atoms with Crippen molar-refractivity contribution in [2.24, 2.45) is 4.99 Å². The molecule has 0 saturated heterocycles.